The molecule has 0 aliphatic carbocycles. The number of hydrogen-bond donors (Lipinski definition) is 1. The number of rotatable bonds is 5. The van der Waals surface area contributed by atoms with Crippen molar-refractivity contribution in [2.24, 2.45) is 0 Å². The average Bonchev–Trinajstić information content (AvgIpc) is 2.36. The van der Waals surface area contributed by atoms with E-state index < -0.39 is 0 Å². The molecule has 1 heteroatoms. The zero-order valence-corrected chi connectivity index (χ0v) is 11.6. The van der Waals surface area contributed by atoms with Gasteiger partial charge in [0, 0.05) is 6.42 Å². The van der Waals surface area contributed by atoms with E-state index in [0.29, 0.717) is 5.76 Å². The van der Waals surface area contributed by atoms with E-state index >= 15 is 0 Å². The lowest BCUT2D eigenvalue weighted by molar-refractivity contribution is 0.386. The van der Waals surface area contributed by atoms with Gasteiger partial charge in [-0.15, -0.1) is 0 Å². The second-order valence-electron chi connectivity index (χ2n) is 4.24. The highest BCUT2D eigenvalue weighted by atomic mass is 16.3. The predicted octanol–water partition coefficient (Wildman–Crippen LogP) is 5.61. The zero-order chi connectivity index (χ0) is 14.0. The van der Waals surface area contributed by atoms with Gasteiger partial charge in [0.05, 0.1) is 5.76 Å². The summed E-state index contributed by atoms with van der Waals surface area (Å²) in [7, 11) is 0. The summed E-state index contributed by atoms with van der Waals surface area (Å²) < 4.78 is 0. The van der Waals surface area contributed by atoms with Gasteiger partial charge in [0.25, 0.3) is 0 Å². The minimum Gasteiger partial charge on any atom is -0.513 e. The number of hydrogen-bond acceptors (Lipinski definition) is 1. The predicted molar refractivity (Wildman–Crippen MR) is 82.5 cm³/mol. The molecule has 98 valence electrons. The molecule has 0 bridgehead atoms. The van der Waals surface area contributed by atoms with Crippen LogP contribution in [0.2, 0.25) is 0 Å². The monoisotopic (exact) mass is 244 g/mol. The highest BCUT2D eigenvalue weighted by molar-refractivity contribution is 5.71. The fourth-order valence-corrected chi connectivity index (χ4v) is 1.44. The maximum atomic E-state index is 8.49. The van der Waals surface area contributed by atoms with Crippen molar-refractivity contribution in [3.05, 3.63) is 60.9 Å². The second kappa shape index (κ2) is 9.29. The van der Waals surface area contributed by atoms with Crippen molar-refractivity contribution in [1.29, 1.82) is 0 Å². The van der Waals surface area contributed by atoms with E-state index in [0.717, 1.165) is 30.4 Å². The van der Waals surface area contributed by atoms with Crippen LogP contribution in [0.4, 0.5) is 0 Å². The molecule has 0 aliphatic heterocycles. The van der Waals surface area contributed by atoms with E-state index in [-0.39, 0.29) is 0 Å². The fraction of sp³-hybridized carbons (Fsp3) is 0.294. The lowest BCUT2D eigenvalue weighted by atomic mass is 10.0. The van der Waals surface area contributed by atoms with Crippen molar-refractivity contribution in [1.82, 2.24) is 0 Å². The zero-order valence-electron chi connectivity index (χ0n) is 11.6. The van der Waals surface area contributed by atoms with Crippen LogP contribution in [0.1, 0.15) is 44.2 Å². The highest BCUT2D eigenvalue weighted by Crippen LogP contribution is 2.17. The number of allylic oxidation sites excluding steroid dienone is 2. The molecule has 1 N–H and O–H groups in total. The molecule has 1 aromatic carbocycles. The summed E-state index contributed by atoms with van der Waals surface area (Å²) in [6, 6.07) is 8.11. The van der Waals surface area contributed by atoms with Gasteiger partial charge in [-0.25, -0.2) is 0 Å². The van der Waals surface area contributed by atoms with Crippen molar-refractivity contribution in [2.45, 2.75) is 33.1 Å². The number of aliphatic hydroxyl groups is 1. The molecule has 0 amide bonds. The molecule has 0 heterocycles. The second-order valence-corrected chi connectivity index (χ2v) is 4.24. The van der Waals surface area contributed by atoms with Crippen LogP contribution < -0.4 is 0 Å². The summed E-state index contributed by atoms with van der Waals surface area (Å²) in [5, 5.41) is 8.49. The van der Waals surface area contributed by atoms with Gasteiger partial charge in [-0.1, -0.05) is 69.0 Å². The molecular weight excluding hydrogens is 220 g/mol. The van der Waals surface area contributed by atoms with Gasteiger partial charge in [0.1, 0.15) is 0 Å². The Morgan fingerprint density at radius 3 is 2.22 bits per heavy atom. The van der Waals surface area contributed by atoms with Gasteiger partial charge in [-0.2, -0.15) is 0 Å². The summed E-state index contributed by atoms with van der Waals surface area (Å²) >= 11 is 0. The standard InChI is InChI=1S/C11H12.C6H12O/c1-4-10-7-5-6-8-11(10)9(2)3;1-3-4-5-6(2)7/h4-8H,1-2H2,3H3;7H,2-5H2,1H3. The third-order valence-electron chi connectivity index (χ3n) is 2.46. The summed E-state index contributed by atoms with van der Waals surface area (Å²) in [6.07, 6.45) is 4.79. The molecule has 0 aliphatic rings. The largest absolute Gasteiger partial charge is 0.513 e. The van der Waals surface area contributed by atoms with E-state index in [9.17, 15) is 0 Å². The summed E-state index contributed by atoms with van der Waals surface area (Å²) in [6.45, 7) is 15.1. The van der Waals surface area contributed by atoms with E-state index in [4.69, 9.17) is 5.11 Å². The summed E-state index contributed by atoms with van der Waals surface area (Å²) in [5.41, 5.74) is 3.42. The Labute approximate surface area is 111 Å². The molecule has 1 nitrogen and oxygen atoms in total. The Balaban J connectivity index is 0.000000360. The third kappa shape index (κ3) is 6.74. The maximum Gasteiger partial charge on any atom is 0.0851 e. The SMILES string of the molecule is C=C(O)CCCC.C=Cc1ccccc1C(=C)C. The van der Waals surface area contributed by atoms with Crippen molar-refractivity contribution < 1.29 is 5.11 Å². The molecule has 0 atom stereocenters. The first kappa shape index (κ1) is 16.2. The molecule has 0 saturated heterocycles. The first-order valence-corrected chi connectivity index (χ1v) is 6.27. The quantitative estimate of drug-likeness (QED) is 0.667. The van der Waals surface area contributed by atoms with E-state index in [1.807, 2.05) is 31.2 Å². The Hall–Kier alpha value is -1.76. The Morgan fingerprint density at radius 2 is 1.89 bits per heavy atom. The van der Waals surface area contributed by atoms with Crippen LogP contribution in [0.25, 0.3) is 11.6 Å². The molecule has 1 aromatic rings. The van der Waals surface area contributed by atoms with Crippen molar-refractivity contribution in [3.63, 3.8) is 0 Å². The van der Waals surface area contributed by atoms with Gasteiger partial charge in [0.15, 0.2) is 0 Å². The highest BCUT2D eigenvalue weighted by Gasteiger charge is 1.96. The van der Waals surface area contributed by atoms with Gasteiger partial charge >= 0.3 is 0 Å². The topological polar surface area (TPSA) is 20.2 Å². The summed E-state index contributed by atoms with van der Waals surface area (Å²) in [5.74, 6) is 0.307. The lowest BCUT2D eigenvalue weighted by Gasteiger charge is -2.02. The van der Waals surface area contributed by atoms with E-state index in [1.165, 1.54) is 5.56 Å². The van der Waals surface area contributed by atoms with Gasteiger partial charge in [-0.05, 0) is 24.5 Å². The van der Waals surface area contributed by atoms with Crippen LogP contribution in [0.5, 0.6) is 0 Å². The Kier molecular flexibility index (Phi) is 8.38. The first-order chi connectivity index (χ1) is 8.52. The normalized spacial score (nSPS) is 9.00. The molecule has 0 fully saturated rings. The molecule has 18 heavy (non-hydrogen) atoms. The van der Waals surface area contributed by atoms with Gasteiger partial charge < -0.3 is 5.11 Å². The number of benzene rings is 1. The Morgan fingerprint density at radius 1 is 1.28 bits per heavy atom. The van der Waals surface area contributed by atoms with E-state index in [2.05, 4.69) is 32.7 Å². The maximum absolute atomic E-state index is 8.49. The molecule has 1 rings (SSSR count). The molecule has 0 spiro atoms. The minimum absolute atomic E-state index is 0.307. The Bertz CT molecular complexity index is 402. The van der Waals surface area contributed by atoms with Gasteiger partial charge in [-0.3, -0.25) is 0 Å². The van der Waals surface area contributed by atoms with E-state index in [1.54, 1.807) is 0 Å². The molecule has 0 radical (unpaired) electrons. The molecule has 0 aromatic heterocycles. The fourth-order valence-electron chi connectivity index (χ4n) is 1.44. The molecule has 0 unspecified atom stereocenters. The lowest BCUT2D eigenvalue weighted by Crippen LogP contribution is -1.82. The van der Waals surface area contributed by atoms with Crippen molar-refractivity contribution in [2.75, 3.05) is 0 Å². The van der Waals surface area contributed by atoms with Crippen molar-refractivity contribution >= 4 is 11.6 Å². The number of aliphatic hydroxyl groups excluding tert-OH is 1. The van der Waals surface area contributed by atoms with Crippen LogP contribution in [0.15, 0.2) is 49.8 Å². The molecule has 0 saturated carbocycles. The van der Waals surface area contributed by atoms with Crippen LogP contribution in [-0.4, -0.2) is 5.11 Å². The van der Waals surface area contributed by atoms with Crippen LogP contribution in [0.3, 0.4) is 0 Å². The third-order valence-corrected chi connectivity index (χ3v) is 2.46. The number of unbranched alkanes of at least 4 members (excludes halogenated alkanes) is 1. The van der Waals surface area contributed by atoms with Crippen LogP contribution in [-0.2, 0) is 0 Å². The minimum atomic E-state index is 0.307. The molecular formula is C17H24O. The van der Waals surface area contributed by atoms with Crippen LogP contribution in [0, 0.1) is 0 Å². The smallest absolute Gasteiger partial charge is 0.0851 e. The van der Waals surface area contributed by atoms with Crippen LogP contribution >= 0.6 is 0 Å². The summed E-state index contributed by atoms with van der Waals surface area (Å²) in [4.78, 5) is 0. The van der Waals surface area contributed by atoms with Gasteiger partial charge in [0.2, 0.25) is 0 Å². The first-order valence-electron chi connectivity index (χ1n) is 6.27. The average molecular weight is 244 g/mol. The van der Waals surface area contributed by atoms with Crippen molar-refractivity contribution in [3.8, 4) is 0 Å².